The van der Waals surface area contributed by atoms with E-state index < -0.39 is 0 Å². The summed E-state index contributed by atoms with van der Waals surface area (Å²) in [6.07, 6.45) is 1.71. The van der Waals surface area contributed by atoms with Gasteiger partial charge in [-0.05, 0) is 99.9 Å². The molecule has 2 nitrogen and oxygen atoms in total. The summed E-state index contributed by atoms with van der Waals surface area (Å²) in [6, 6.07) is 59.9. The van der Waals surface area contributed by atoms with Crippen molar-refractivity contribution in [1.82, 2.24) is 9.97 Å². The number of aromatic nitrogens is 2. The van der Waals surface area contributed by atoms with Crippen molar-refractivity contribution in [3.63, 3.8) is 0 Å². The Bertz CT molecular complexity index is 2970. The fourth-order valence-corrected chi connectivity index (χ4v) is 8.45. The second kappa shape index (κ2) is 10.4. The second-order valence-electron chi connectivity index (χ2n) is 13.3. The topological polar surface area (TPSA) is 25.8 Å². The first-order chi connectivity index (χ1) is 24.8. The van der Waals surface area contributed by atoms with Crippen molar-refractivity contribution in [2.45, 2.75) is 0 Å². The van der Waals surface area contributed by atoms with Gasteiger partial charge in [-0.25, -0.2) is 9.97 Å². The summed E-state index contributed by atoms with van der Waals surface area (Å²) in [7, 11) is 0. The first kappa shape index (κ1) is 27.3. The lowest BCUT2D eigenvalue weighted by atomic mass is 9.85. The van der Waals surface area contributed by atoms with Crippen LogP contribution in [0.5, 0.6) is 0 Å². The van der Waals surface area contributed by atoms with Crippen molar-refractivity contribution in [3.8, 4) is 55.9 Å². The molecular weight excluding hydrogens is 605 g/mol. The van der Waals surface area contributed by atoms with Crippen LogP contribution in [0, 0.1) is 0 Å². The maximum Gasteiger partial charge on any atom is 0.116 e. The van der Waals surface area contributed by atoms with Crippen molar-refractivity contribution < 1.29 is 0 Å². The zero-order chi connectivity index (χ0) is 32.8. The molecule has 0 saturated heterocycles. The summed E-state index contributed by atoms with van der Waals surface area (Å²) in [5.74, 6) is 0. The van der Waals surface area contributed by atoms with Crippen LogP contribution in [0.4, 0.5) is 0 Å². The van der Waals surface area contributed by atoms with Gasteiger partial charge in [0.05, 0.1) is 11.4 Å². The van der Waals surface area contributed by atoms with E-state index in [4.69, 9.17) is 9.97 Å². The highest BCUT2D eigenvalue weighted by atomic mass is 14.9. The zero-order valence-corrected chi connectivity index (χ0v) is 27.1. The SMILES string of the molecule is c1ccc2cc3cc(-c4c5ccccc5c(-c5ccc(-c6ncnc7c6-c6cccc8cccc-7c68)cc5)c5ccccc45)ccc3cc2c1. The predicted molar refractivity (Wildman–Crippen MR) is 210 cm³/mol. The molecule has 0 N–H and O–H groups in total. The van der Waals surface area contributed by atoms with E-state index in [0.717, 1.165) is 22.5 Å². The largest absolute Gasteiger partial charge is 0.236 e. The Morgan fingerprint density at radius 1 is 0.300 bits per heavy atom. The van der Waals surface area contributed by atoms with Gasteiger partial charge in [0.2, 0.25) is 0 Å². The van der Waals surface area contributed by atoms with E-state index in [0.29, 0.717) is 0 Å². The Hall–Kier alpha value is -6.64. The molecule has 50 heavy (non-hydrogen) atoms. The third-order valence-electron chi connectivity index (χ3n) is 10.6. The second-order valence-corrected chi connectivity index (χ2v) is 13.3. The number of nitrogens with zero attached hydrogens (tertiary/aromatic N) is 2. The summed E-state index contributed by atoms with van der Waals surface area (Å²) in [5.41, 5.74) is 11.5. The molecule has 2 heteroatoms. The summed E-state index contributed by atoms with van der Waals surface area (Å²) in [6.45, 7) is 0. The van der Waals surface area contributed by atoms with E-state index in [1.807, 2.05) is 0 Å². The molecule has 0 saturated carbocycles. The standard InChI is InChI=1S/C48H28N2/c1-2-10-33-26-36-27-35(24-23-34(36)25-32(33)9-1)45-39-15-5-3-13-37(39)43(38-14-4-6-16-40(38)45)30-19-21-31(22-20-30)47-46-41-17-7-11-29-12-8-18-42(44(29)41)48(46)50-28-49-47/h1-28H. The molecule has 1 aromatic heterocycles. The quantitative estimate of drug-likeness (QED) is 0.181. The fraction of sp³-hybridized carbons (Fsp3) is 0. The normalized spacial score (nSPS) is 12.0. The molecular formula is C48H28N2. The van der Waals surface area contributed by atoms with Crippen LogP contribution in [0.25, 0.3) is 110 Å². The third kappa shape index (κ3) is 3.90. The van der Waals surface area contributed by atoms with Gasteiger partial charge in [-0.2, -0.15) is 0 Å². The van der Waals surface area contributed by atoms with Crippen LogP contribution in [0.3, 0.4) is 0 Å². The highest BCUT2D eigenvalue weighted by Gasteiger charge is 2.26. The van der Waals surface area contributed by atoms with Crippen LogP contribution in [0.15, 0.2) is 170 Å². The third-order valence-corrected chi connectivity index (χ3v) is 10.6. The minimum Gasteiger partial charge on any atom is -0.236 e. The lowest BCUT2D eigenvalue weighted by Gasteiger charge is -2.18. The van der Waals surface area contributed by atoms with Gasteiger partial charge in [-0.15, -0.1) is 0 Å². The smallest absolute Gasteiger partial charge is 0.116 e. The van der Waals surface area contributed by atoms with Gasteiger partial charge in [-0.3, -0.25) is 0 Å². The maximum absolute atomic E-state index is 4.87. The van der Waals surface area contributed by atoms with Crippen LogP contribution in [0.2, 0.25) is 0 Å². The van der Waals surface area contributed by atoms with Gasteiger partial charge in [0, 0.05) is 16.7 Å². The molecule has 0 spiro atoms. The Morgan fingerprint density at radius 3 is 1.48 bits per heavy atom. The first-order valence-electron chi connectivity index (χ1n) is 17.1. The molecule has 1 aliphatic rings. The Balaban J connectivity index is 1.09. The van der Waals surface area contributed by atoms with Gasteiger partial charge >= 0.3 is 0 Å². The minimum absolute atomic E-state index is 0.972. The van der Waals surface area contributed by atoms with Crippen molar-refractivity contribution >= 4 is 53.9 Å². The summed E-state index contributed by atoms with van der Waals surface area (Å²) < 4.78 is 0. The lowest BCUT2D eigenvalue weighted by molar-refractivity contribution is 1.19. The molecule has 0 aliphatic heterocycles. The van der Waals surface area contributed by atoms with E-state index in [9.17, 15) is 0 Å². The van der Waals surface area contributed by atoms with Crippen molar-refractivity contribution in [3.05, 3.63) is 170 Å². The van der Waals surface area contributed by atoms with Crippen LogP contribution < -0.4 is 0 Å². The van der Waals surface area contributed by atoms with E-state index in [1.165, 1.54) is 87.2 Å². The molecule has 1 heterocycles. The number of hydrogen-bond acceptors (Lipinski definition) is 2. The zero-order valence-electron chi connectivity index (χ0n) is 27.1. The van der Waals surface area contributed by atoms with Crippen molar-refractivity contribution in [2.24, 2.45) is 0 Å². The van der Waals surface area contributed by atoms with E-state index >= 15 is 0 Å². The first-order valence-corrected chi connectivity index (χ1v) is 17.1. The van der Waals surface area contributed by atoms with Crippen LogP contribution in [0.1, 0.15) is 0 Å². The summed E-state index contributed by atoms with van der Waals surface area (Å²) in [5, 5.41) is 12.5. The molecule has 0 atom stereocenters. The lowest BCUT2D eigenvalue weighted by Crippen LogP contribution is -1.93. The Labute approximate surface area is 289 Å². The number of benzene rings is 9. The Kier molecular flexibility index (Phi) is 5.70. The number of fused-ring (bicyclic) bond motifs is 7. The maximum atomic E-state index is 4.87. The van der Waals surface area contributed by atoms with Gasteiger partial charge in [-0.1, -0.05) is 146 Å². The molecule has 0 amide bonds. The van der Waals surface area contributed by atoms with E-state index in [-0.39, 0.29) is 0 Å². The van der Waals surface area contributed by atoms with E-state index in [2.05, 4.69) is 164 Å². The molecule has 9 aromatic carbocycles. The highest BCUT2D eigenvalue weighted by molar-refractivity contribution is 6.22. The molecule has 0 bridgehead atoms. The van der Waals surface area contributed by atoms with Gasteiger partial charge in [0.15, 0.2) is 0 Å². The van der Waals surface area contributed by atoms with Crippen LogP contribution in [-0.2, 0) is 0 Å². The number of hydrogen-bond donors (Lipinski definition) is 0. The average molecular weight is 633 g/mol. The fourth-order valence-electron chi connectivity index (χ4n) is 8.45. The monoisotopic (exact) mass is 632 g/mol. The average Bonchev–Trinajstić information content (AvgIpc) is 3.51. The van der Waals surface area contributed by atoms with Gasteiger partial charge < -0.3 is 0 Å². The van der Waals surface area contributed by atoms with Gasteiger partial charge in [0.25, 0.3) is 0 Å². The highest BCUT2D eigenvalue weighted by Crippen LogP contribution is 2.50. The molecule has 0 fully saturated rings. The van der Waals surface area contributed by atoms with Crippen LogP contribution in [-0.4, -0.2) is 9.97 Å². The molecule has 1 aliphatic carbocycles. The molecule has 0 unspecified atom stereocenters. The Morgan fingerprint density at radius 2 is 0.800 bits per heavy atom. The molecule has 10 aromatic rings. The summed E-state index contributed by atoms with van der Waals surface area (Å²) >= 11 is 0. The van der Waals surface area contributed by atoms with Crippen molar-refractivity contribution in [2.75, 3.05) is 0 Å². The minimum atomic E-state index is 0.972. The van der Waals surface area contributed by atoms with E-state index in [1.54, 1.807) is 6.33 Å². The number of rotatable bonds is 3. The van der Waals surface area contributed by atoms with Crippen molar-refractivity contribution in [1.29, 1.82) is 0 Å². The summed E-state index contributed by atoms with van der Waals surface area (Å²) in [4.78, 5) is 9.64. The molecule has 0 radical (unpaired) electrons. The van der Waals surface area contributed by atoms with Gasteiger partial charge in [0.1, 0.15) is 6.33 Å². The van der Waals surface area contributed by atoms with Crippen LogP contribution >= 0.6 is 0 Å². The molecule has 230 valence electrons. The molecule has 11 rings (SSSR count). The predicted octanol–water partition coefficient (Wildman–Crippen LogP) is 12.9.